The van der Waals surface area contributed by atoms with Gasteiger partial charge in [0, 0.05) is 30.2 Å². The van der Waals surface area contributed by atoms with Gasteiger partial charge in [-0.05, 0) is 25.1 Å². The van der Waals surface area contributed by atoms with Crippen molar-refractivity contribution < 1.29 is 14.4 Å². The predicted molar refractivity (Wildman–Crippen MR) is 89.5 cm³/mol. The van der Waals surface area contributed by atoms with Crippen LogP contribution < -0.4 is 10.9 Å². The van der Waals surface area contributed by atoms with Crippen molar-refractivity contribution in [2.45, 2.75) is 25.8 Å². The summed E-state index contributed by atoms with van der Waals surface area (Å²) >= 11 is 0. The highest BCUT2D eigenvalue weighted by Gasteiger charge is 2.36. The quantitative estimate of drug-likeness (QED) is 0.804. The zero-order valence-corrected chi connectivity index (χ0v) is 13.5. The van der Waals surface area contributed by atoms with Crippen molar-refractivity contribution in [2.24, 2.45) is 0 Å². The van der Waals surface area contributed by atoms with E-state index in [-0.39, 0.29) is 30.2 Å². The molecule has 0 radical (unpaired) electrons. The molecule has 0 saturated carbocycles. The molecule has 1 aliphatic heterocycles. The summed E-state index contributed by atoms with van der Waals surface area (Å²) in [5, 5.41) is 8.98. The molecule has 2 aromatic rings. The van der Waals surface area contributed by atoms with Crippen LogP contribution in [0.15, 0.2) is 41.2 Å². The number of H-pyrrole nitrogens is 1. The third-order valence-corrected chi connectivity index (χ3v) is 3.96. The average Bonchev–Trinajstić information content (AvgIpc) is 2.93. The maximum absolute atomic E-state index is 12.4. The van der Waals surface area contributed by atoms with Gasteiger partial charge in [0.1, 0.15) is 6.04 Å². The largest absolute Gasteiger partial charge is 0.324 e. The Morgan fingerprint density at radius 1 is 1.16 bits per heavy atom. The number of carbonyl (C=O) groups excluding carboxylic acids is 3. The van der Waals surface area contributed by atoms with E-state index in [1.165, 1.54) is 13.0 Å². The molecule has 3 rings (SSSR count). The zero-order valence-electron chi connectivity index (χ0n) is 13.5. The minimum Gasteiger partial charge on any atom is -0.324 e. The molecule has 1 saturated heterocycles. The number of benzene rings is 1. The van der Waals surface area contributed by atoms with Crippen molar-refractivity contribution in [1.82, 2.24) is 15.1 Å². The van der Waals surface area contributed by atoms with Gasteiger partial charge in [-0.15, -0.1) is 0 Å². The first-order valence-corrected chi connectivity index (χ1v) is 7.77. The van der Waals surface area contributed by atoms with Gasteiger partial charge in [0.15, 0.2) is 0 Å². The Balaban J connectivity index is 1.76. The van der Waals surface area contributed by atoms with E-state index >= 15 is 0 Å². The van der Waals surface area contributed by atoms with E-state index < -0.39 is 11.9 Å². The molecule has 0 bridgehead atoms. The maximum Gasteiger partial charge on any atom is 0.264 e. The minimum atomic E-state index is -0.877. The summed E-state index contributed by atoms with van der Waals surface area (Å²) in [5.74, 6) is -1.12. The van der Waals surface area contributed by atoms with Crippen LogP contribution in [0.25, 0.3) is 11.3 Å². The van der Waals surface area contributed by atoms with E-state index in [0.29, 0.717) is 16.9 Å². The van der Waals surface area contributed by atoms with E-state index in [9.17, 15) is 19.2 Å². The molecule has 1 aromatic carbocycles. The van der Waals surface area contributed by atoms with E-state index in [1.807, 2.05) is 0 Å². The second-order valence-corrected chi connectivity index (χ2v) is 5.71. The molecule has 1 fully saturated rings. The Bertz CT molecular complexity index is 869. The molecule has 2 N–H and O–H groups in total. The Labute approximate surface area is 142 Å². The summed E-state index contributed by atoms with van der Waals surface area (Å²) in [6.07, 6.45) is 0.285. The van der Waals surface area contributed by atoms with Crippen LogP contribution in [0.4, 0.5) is 5.69 Å². The van der Waals surface area contributed by atoms with Crippen LogP contribution in [0.2, 0.25) is 0 Å². The fourth-order valence-corrected chi connectivity index (χ4v) is 2.65. The molecular weight excluding hydrogens is 324 g/mol. The van der Waals surface area contributed by atoms with Crippen LogP contribution in [-0.2, 0) is 14.4 Å². The first-order valence-electron chi connectivity index (χ1n) is 7.77. The lowest BCUT2D eigenvalue weighted by Gasteiger charge is -2.21. The second-order valence-electron chi connectivity index (χ2n) is 5.71. The van der Waals surface area contributed by atoms with Gasteiger partial charge >= 0.3 is 0 Å². The number of hydrogen-bond donors (Lipinski definition) is 2. The van der Waals surface area contributed by atoms with Crippen LogP contribution in [0.3, 0.4) is 0 Å². The highest BCUT2D eigenvalue weighted by atomic mass is 16.2. The SMILES string of the molecule is CC(C(=O)Nc1cccc(-c2ccc(=O)[nH]n2)c1)N1C(=O)CCC1=O. The summed E-state index contributed by atoms with van der Waals surface area (Å²) in [4.78, 5) is 47.9. The molecule has 128 valence electrons. The van der Waals surface area contributed by atoms with Crippen LogP contribution in [0.5, 0.6) is 0 Å². The fourth-order valence-electron chi connectivity index (χ4n) is 2.65. The molecule has 0 spiro atoms. The van der Waals surface area contributed by atoms with E-state index in [1.54, 1.807) is 30.3 Å². The van der Waals surface area contributed by atoms with Crippen molar-refractivity contribution in [3.8, 4) is 11.3 Å². The number of aromatic amines is 1. The zero-order chi connectivity index (χ0) is 18.0. The number of amides is 3. The van der Waals surface area contributed by atoms with Gasteiger partial charge in [0.05, 0.1) is 5.69 Å². The normalized spacial score (nSPS) is 15.3. The maximum atomic E-state index is 12.4. The Hall–Kier alpha value is -3.29. The van der Waals surface area contributed by atoms with Crippen molar-refractivity contribution in [2.75, 3.05) is 5.32 Å². The molecule has 1 atom stereocenters. The Kier molecular flexibility index (Phi) is 4.42. The number of aromatic nitrogens is 2. The average molecular weight is 340 g/mol. The lowest BCUT2D eigenvalue weighted by molar-refractivity contribution is -0.144. The summed E-state index contributed by atoms with van der Waals surface area (Å²) in [7, 11) is 0. The highest BCUT2D eigenvalue weighted by molar-refractivity contribution is 6.07. The van der Waals surface area contributed by atoms with Gasteiger partial charge in [-0.1, -0.05) is 12.1 Å². The molecular formula is C17H16N4O4. The molecule has 8 heteroatoms. The smallest absolute Gasteiger partial charge is 0.264 e. The number of anilines is 1. The number of nitrogens with zero attached hydrogens (tertiary/aromatic N) is 2. The lowest BCUT2D eigenvalue weighted by Crippen LogP contribution is -2.44. The standard InChI is InChI=1S/C17H16N4O4/c1-10(21-15(23)7-8-16(21)24)17(25)18-12-4-2-3-11(9-12)13-5-6-14(22)20-19-13/h2-6,9-10H,7-8H2,1H3,(H,18,25)(H,20,22). The summed E-state index contributed by atoms with van der Waals surface area (Å²) in [6.45, 7) is 1.52. The molecule has 3 amide bonds. The summed E-state index contributed by atoms with van der Waals surface area (Å²) in [6, 6.07) is 8.95. The van der Waals surface area contributed by atoms with Crippen LogP contribution in [0, 0.1) is 0 Å². The third-order valence-electron chi connectivity index (χ3n) is 3.96. The van der Waals surface area contributed by atoms with Crippen molar-refractivity contribution >= 4 is 23.4 Å². The van der Waals surface area contributed by atoms with Gasteiger partial charge in [-0.3, -0.25) is 24.1 Å². The van der Waals surface area contributed by atoms with Crippen LogP contribution >= 0.6 is 0 Å². The fraction of sp³-hybridized carbons (Fsp3) is 0.235. The number of likely N-dealkylation sites (tertiary alicyclic amines) is 1. The van der Waals surface area contributed by atoms with Gasteiger partial charge in [0.25, 0.3) is 5.56 Å². The number of imide groups is 1. The summed E-state index contributed by atoms with van der Waals surface area (Å²) < 4.78 is 0. The van der Waals surface area contributed by atoms with Crippen molar-refractivity contribution in [3.05, 3.63) is 46.8 Å². The minimum absolute atomic E-state index is 0.143. The van der Waals surface area contributed by atoms with Crippen LogP contribution in [-0.4, -0.2) is 38.9 Å². The molecule has 2 heterocycles. The van der Waals surface area contributed by atoms with Gasteiger partial charge in [-0.2, -0.15) is 5.10 Å². The molecule has 1 aliphatic rings. The van der Waals surface area contributed by atoms with E-state index in [0.717, 1.165) is 4.90 Å². The van der Waals surface area contributed by atoms with E-state index in [2.05, 4.69) is 15.5 Å². The van der Waals surface area contributed by atoms with Gasteiger partial charge in [0.2, 0.25) is 17.7 Å². The first-order chi connectivity index (χ1) is 12.0. The Morgan fingerprint density at radius 2 is 1.88 bits per heavy atom. The molecule has 1 unspecified atom stereocenters. The van der Waals surface area contributed by atoms with Crippen molar-refractivity contribution in [1.29, 1.82) is 0 Å². The van der Waals surface area contributed by atoms with Gasteiger partial charge in [-0.25, -0.2) is 5.10 Å². The predicted octanol–water partition coefficient (Wildman–Crippen LogP) is 0.913. The molecule has 25 heavy (non-hydrogen) atoms. The first kappa shape index (κ1) is 16.6. The monoisotopic (exact) mass is 340 g/mol. The molecule has 1 aromatic heterocycles. The number of nitrogens with one attached hydrogen (secondary N) is 2. The third kappa shape index (κ3) is 3.47. The second kappa shape index (κ2) is 6.68. The molecule has 8 nitrogen and oxygen atoms in total. The Morgan fingerprint density at radius 3 is 2.52 bits per heavy atom. The topological polar surface area (TPSA) is 112 Å². The summed E-state index contributed by atoms with van der Waals surface area (Å²) in [5.41, 5.74) is 1.45. The number of carbonyl (C=O) groups is 3. The van der Waals surface area contributed by atoms with E-state index in [4.69, 9.17) is 0 Å². The highest BCUT2D eigenvalue weighted by Crippen LogP contribution is 2.21. The lowest BCUT2D eigenvalue weighted by atomic mass is 10.1. The van der Waals surface area contributed by atoms with Crippen LogP contribution in [0.1, 0.15) is 19.8 Å². The molecule has 0 aliphatic carbocycles. The van der Waals surface area contributed by atoms with Gasteiger partial charge < -0.3 is 5.32 Å². The van der Waals surface area contributed by atoms with Crippen molar-refractivity contribution in [3.63, 3.8) is 0 Å². The number of rotatable bonds is 4. The number of hydrogen-bond acceptors (Lipinski definition) is 5.